The van der Waals surface area contributed by atoms with Crippen LogP contribution < -0.4 is 5.73 Å². The number of likely N-dealkylation sites (N-methyl/N-ethyl adjacent to an activating group) is 1. The molecule has 1 aliphatic heterocycles. The van der Waals surface area contributed by atoms with Gasteiger partial charge in [-0.05, 0) is 27.8 Å². The third kappa shape index (κ3) is 2.32. The van der Waals surface area contributed by atoms with Gasteiger partial charge in [0.25, 0.3) is 0 Å². The lowest BCUT2D eigenvalue weighted by Gasteiger charge is -2.41. The Balaban J connectivity index is 2.41. The van der Waals surface area contributed by atoms with Crippen molar-refractivity contribution in [2.45, 2.75) is 37.8 Å². The second-order valence-electron chi connectivity index (χ2n) is 5.61. The molecule has 2 rings (SSSR count). The highest BCUT2D eigenvalue weighted by molar-refractivity contribution is 7.89. The molecule has 1 saturated heterocycles. The Labute approximate surface area is 120 Å². The number of aryl methyl sites for hydroxylation is 1. The van der Waals surface area contributed by atoms with E-state index in [9.17, 15) is 8.42 Å². The molecule has 0 spiro atoms. The van der Waals surface area contributed by atoms with E-state index in [0.29, 0.717) is 18.8 Å². The van der Waals surface area contributed by atoms with Crippen molar-refractivity contribution in [2.75, 3.05) is 25.9 Å². The van der Waals surface area contributed by atoms with Gasteiger partial charge in [0.1, 0.15) is 4.90 Å². The van der Waals surface area contributed by atoms with Gasteiger partial charge in [-0.1, -0.05) is 0 Å². The van der Waals surface area contributed by atoms with E-state index < -0.39 is 10.0 Å². The Hall–Kier alpha value is -1.12. The number of hydrogen-bond acceptors (Lipinski definition) is 5. The lowest BCUT2D eigenvalue weighted by atomic mass is 10.1. The summed E-state index contributed by atoms with van der Waals surface area (Å²) in [4.78, 5) is 2.33. The molecular formula is C12H23N5O2S. The van der Waals surface area contributed by atoms with Crippen molar-refractivity contribution >= 4 is 15.8 Å². The number of nitrogens with zero attached hydrogens (tertiary/aromatic N) is 4. The lowest BCUT2D eigenvalue weighted by Crippen LogP contribution is -2.56. The van der Waals surface area contributed by atoms with Crippen LogP contribution in [0, 0.1) is 6.92 Å². The molecule has 0 saturated carbocycles. The summed E-state index contributed by atoms with van der Waals surface area (Å²) in [6, 6.07) is 0.346. The molecule has 7 nitrogen and oxygen atoms in total. The topological polar surface area (TPSA) is 84.5 Å². The Kier molecular flexibility index (Phi) is 3.83. The first-order valence-electron chi connectivity index (χ1n) is 6.67. The van der Waals surface area contributed by atoms with E-state index in [4.69, 9.17) is 5.73 Å². The van der Waals surface area contributed by atoms with Gasteiger partial charge in [0, 0.05) is 32.2 Å². The normalized spacial score (nSPS) is 26.1. The summed E-state index contributed by atoms with van der Waals surface area (Å²) >= 11 is 0. The fourth-order valence-corrected chi connectivity index (χ4v) is 4.51. The molecule has 0 bridgehead atoms. The van der Waals surface area contributed by atoms with E-state index in [1.807, 2.05) is 20.9 Å². The molecule has 0 radical (unpaired) electrons. The van der Waals surface area contributed by atoms with Gasteiger partial charge >= 0.3 is 0 Å². The maximum absolute atomic E-state index is 12.8. The van der Waals surface area contributed by atoms with Crippen LogP contribution in [0.4, 0.5) is 5.82 Å². The summed E-state index contributed by atoms with van der Waals surface area (Å²) < 4.78 is 28.6. The number of piperazine rings is 1. The zero-order valence-corrected chi connectivity index (χ0v) is 13.5. The molecule has 1 aromatic rings. The van der Waals surface area contributed by atoms with Crippen molar-refractivity contribution in [3.05, 3.63) is 5.69 Å². The minimum atomic E-state index is -3.59. The lowest BCUT2D eigenvalue weighted by molar-refractivity contribution is 0.105. The van der Waals surface area contributed by atoms with E-state index >= 15 is 0 Å². The zero-order chi connectivity index (χ0) is 15.2. The zero-order valence-electron chi connectivity index (χ0n) is 12.7. The number of nitrogen functional groups attached to an aromatic ring is 1. The van der Waals surface area contributed by atoms with Crippen LogP contribution in [0.25, 0.3) is 0 Å². The second kappa shape index (κ2) is 5.01. The maximum atomic E-state index is 12.8. The first kappa shape index (κ1) is 15.3. The van der Waals surface area contributed by atoms with Gasteiger partial charge < -0.3 is 5.73 Å². The predicted molar refractivity (Wildman–Crippen MR) is 77.8 cm³/mol. The molecule has 0 amide bonds. The largest absolute Gasteiger partial charge is 0.381 e. The maximum Gasteiger partial charge on any atom is 0.248 e. The van der Waals surface area contributed by atoms with Crippen LogP contribution in [-0.4, -0.2) is 59.6 Å². The van der Waals surface area contributed by atoms with Crippen LogP contribution >= 0.6 is 0 Å². The highest BCUT2D eigenvalue weighted by atomic mass is 32.2. The highest BCUT2D eigenvalue weighted by Crippen LogP contribution is 2.27. The van der Waals surface area contributed by atoms with Gasteiger partial charge in [-0.15, -0.1) is 0 Å². The number of hydrogen-bond donors (Lipinski definition) is 1. The number of anilines is 1. The number of sulfonamides is 1. The molecule has 114 valence electrons. The third-order valence-electron chi connectivity index (χ3n) is 4.23. The van der Waals surface area contributed by atoms with Crippen LogP contribution in [0.15, 0.2) is 4.90 Å². The molecule has 2 atom stereocenters. The van der Waals surface area contributed by atoms with Crippen molar-refractivity contribution < 1.29 is 8.42 Å². The predicted octanol–water partition coefficient (Wildman–Crippen LogP) is 0.0238. The van der Waals surface area contributed by atoms with Crippen molar-refractivity contribution in [1.82, 2.24) is 19.0 Å². The average molecular weight is 301 g/mol. The molecule has 2 N–H and O–H groups in total. The summed E-state index contributed by atoms with van der Waals surface area (Å²) in [5.74, 6) is 0.0734. The molecule has 20 heavy (non-hydrogen) atoms. The highest BCUT2D eigenvalue weighted by Gasteiger charge is 2.37. The Morgan fingerprint density at radius 2 is 1.70 bits per heavy atom. The Bertz CT molecular complexity index is 598. The molecule has 1 aromatic heterocycles. The van der Waals surface area contributed by atoms with E-state index in [1.165, 1.54) is 8.99 Å². The summed E-state index contributed by atoms with van der Waals surface area (Å²) in [5.41, 5.74) is 6.35. The molecule has 8 heteroatoms. The second-order valence-corrected chi connectivity index (χ2v) is 7.48. The number of nitrogens with two attached hydrogens (primary N) is 1. The third-order valence-corrected chi connectivity index (χ3v) is 6.23. The van der Waals surface area contributed by atoms with Crippen LogP contribution in [0.1, 0.15) is 19.5 Å². The Morgan fingerprint density at radius 3 is 2.10 bits per heavy atom. The first-order chi connectivity index (χ1) is 9.16. The molecule has 2 heterocycles. The van der Waals surface area contributed by atoms with Crippen LogP contribution in [0.2, 0.25) is 0 Å². The van der Waals surface area contributed by atoms with Gasteiger partial charge in [-0.3, -0.25) is 9.58 Å². The smallest absolute Gasteiger partial charge is 0.248 e. The van der Waals surface area contributed by atoms with Gasteiger partial charge in [-0.2, -0.15) is 9.40 Å². The van der Waals surface area contributed by atoms with Crippen molar-refractivity contribution in [1.29, 1.82) is 0 Å². The summed E-state index contributed by atoms with van der Waals surface area (Å²) in [6.45, 7) is 6.71. The molecule has 2 unspecified atom stereocenters. The van der Waals surface area contributed by atoms with Crippen LogP contribution in [0.3, 0.4) is 0 Å². The molecule has 1 aliphatic rings. The van der Waals surface area contributed by atoms with Gasteiger partial charge in [-0.25, -0.2) is 8.42 Å². The average Bonchev–Trinajstić information content (AvgIpc) is 2.59. The fourth-order valence-electron chi connectivity index (χ4n) is 2.61. The monoisotopic (exact) mass is 301 g/mol. The summed E-state index contributed by atoms with van der Waals surface area (Å²) in [6.07, 6.45) is 0. The molecule has 0 aromatic carbocycles. The standard InChI is InChI=1S/C12H23N5O2S/c1-8-6-17(7-9(2)15(8)4)20(18,19)11-10(3)16(5)14-12(11)13/h8-9H,6-7H2,1-5H3,(H2,13,14). The van der Waals surface area contributed by atoms with Crippen molar-refractivity contribution in [3.8, 4) is 0 Å². The number of aromatic nitrogens is 2. The van der Waals surface area contributed by atoms with Gasteiger partial charge in [0.15, 0.2) is 5.82 Å². The van der Waals surface area contributed by atoms with Crippen LogP contribution in [0.5, 0.6) is 0 Å². The molecule has 1 fully saturated rings. The van der Waals surface area contributed by atoms with E-state index in [-0.39, 0.29) is 22.8 Å². The fraction of sp³-hybridized carbons (Fsp3) is 0.750. The summed E-state index contributed by atoms with van der Waals surface area (Å²) in [5, 5.41) is 4.00. The number of rotatable bonds is 2. The van der Waals surface area contributed by atoms with Crippen molar-refractivity contribution in [3.63, 3.8) is 0 Å². The van der Waals surface area contributed by atoms with E-state index in [1.54, 1.807) is 14.0 Å². The van der Waals surface area contributed by atoms with E-state index in [2.05, 4.69) is 10.00 Å². The SMILES string of the molecule is Cc1c(S(=O)(=O)N2CC(C)N(C)C(C)C2)c(N)nn1C. The quantitative estimate of drug-likeness (QED) is 0.833. The molecule has 0 aliphatic carbocycles. The van der Waals surface area contributed by atoms with Crippen molar-refractivity contribution in [2.24, 2.45) is 7.05 Å². The van der Waals surface area contributed by atoms with Gasteiger partial charge in [0.2, 0.25) is 10.0 Å². The van der Waals surface area contributed by atoms with E-state index in [0.717, 1.165) is 0 Å². The minimum absolute atomic E-state index is 0.0734. The van der Waals surface area contributed by atoms with Crippen LogP contribution in [-0.2, 0) is 17.1 Å². The Morgan fingerprint density at radius 1 is 1.20 bits per heavy atom. The molecular weight excluding hydrogens is 278 g/mol. The summed E-state index contributed by atoms with van der Waals surface area (Å²) in [7, 11) is 0.118. The minimum Gasteiger partial charge on any atom is -0.381 e. The first-order valence-corrected chi connectivity index (χ1v) is 8.11. The van der Waals surface area contributed by atoms with Gasteiger partial charge in [0.05, 0.1) is 5.69 Å².